The molecule has 0 spiro atoms. The largest absolute Gasteiger partial charge is 0.363 e. The van der Waals surface area contributed by atoms with E-state index in [4.69, 9.17) is 0 Å². The van der Waals surface area contributed by atoms with E-state index < -0.39 is 0 Å². The molecular weight excluding hydrogens is 98.1 g/mol. The first-order chi connectivity index (χ1) is 3.00. The Morgan fingerprint density at radius 1 is 1.83 bits per heavy atom. The third-order valence-electron chi connectivity index (χ3n) is 0.327. The van der Waals surface area contributed by atoms with Gasteiger partial charge in [-0.1, -0.05) is 16.9 Å². The van der Waals surface area contributed by atoms with E-state index in [-0.39, 0.29) is 0 Å². The van der Waals surface area contributed by atoms with Crippen LogP contribution in [0.25, 0.3) is 0 Å². The Morgan fingerprint density at radius 2 is 2.83 bits per heavy atom. The molecule has 0 fully saturated rings. The molecule has 0 atom stereocenters. The lowest BCUT2D eigenvalue weighted by molar-refractivity contribution is 0.271. The van der Waals surface area contributed by atoms with Crippen LogP contribution in [-0.4, -0.2) is 5.55 Å². The summed E-state index contributed by atoms with van der Waals surface area (Å²) >= 11 is 1.37. The summed E-state index contributed by atoms with van der Waals surface area (Å²) in [5.41, 5.74) is 2.52. The predicted octanol–water partition coefficient (Wildman–Crippen LogP) is 1.04. The van der Waals surface area contributed by atoms with E-state index in [0.29, 0.717) is 0 Å². The Balaban J connectivity index is 2.40. The van der Waals surface area contributed by atoms with Gasteiger partial charge in [0, 0.05) is 5.41 Å². The van der Waals surface area contributed by atoms with Gasteiger partial charge >= 0.3 is 0 Å². The summed E-state index contributed by atoms with van der Waals surface area (Å²) in [6, 6.07) is 0. The fourth-order valence-corrected chi connectivity index (χ4v) is 0.409. The van der Waals surface area contributed by atoms with Crippen molar-refractivity contribution in [3.8, 4) is 0 Å². The van der Waals surface area contributed by atoms with Gasteiger partial charge in [0.15, 0.2) is 5.55 Å². The van der Waals surface area contributed by atoms with Crippen molar-refractivity contribution in [1.82, 2.24) is 0 Å². The molecule has 0 saturated heterocycles. The minimum Gasteiger partial charge on any atom is -0.363 e. The molecule has 0 saturated carbocycles. The molecule has 31 valence electrons. The second kappa shape index (κ2) is 1.87. The minimum atomic E-state index is 1.37. The lowest BCUT2D eigenvalue weighted by atomic mass is 11.2. The van der Waals surface area contributed by atoms with E-state index in [1.165, 1.54) is 18.0 Å². The average Bonchev–Trinajstić information content (AvgIpc) is 1.72. The van der Waals surface area contributed by atoms with Crippen LogP contribution in [0.3, 0.4) is 0 Å². The molecule has 1 heterocycles. The fraction of sp³-hybridized carbons (Fsp3) is 0. The van der Waals surface area contributed by atoms with E-state index in [2.05, 4.69) is 15.5 Å². The Labute approximate surface area is 39.9 Å². The molecule has 0 bridgehead atoms. The first kappa shape index (κ1) is 3.74. The van der Waals surface area contributed by atoms with Gasteiger partial charge in [-0.05, 0) is 0 Å². The maximum Gasteiger partial charge on any atom is 0.176 e. The monoisotopic (exact) mass is 100.0 g/mol. The highest BCUT2D eigenvalue weighted by Gasteiger charge is 1.79. The van der Waals surface area contributed by atoms with Gasteiger partial charge in [-0.2, -0.15) is 0 Å². The SMILES string of the molecule is [C]1=NOC=CS1. The van der Waals surface area contributed by atoms with Gasteiger partial charge in [0.1, 0.15) is 6.26 Å². The van der Waals surface area contributed by atoms with Crippen molar-refractivity contribution in [1.29, 1.82) is 0 Å². The minimum absolute atomic E-state index is 1.37. The highest BCUT2D eigenvalue weighted by Crippen LogP contribution is 2.01. The van der Waals surface area contributed by atoms with Gasteiger partial charge in [0.25, 0.3) is 0 Å². The summed E-state index contributed by atoms with van der Waals surface area (Å²) < 4.78 is 0. The molecular formula is C3H2NOS. The second-order valence-electron chi connectivity index (χ2n) is 0.678. The third kappa shape index (κ3) is 0.755. The summed E-state index contributed by atoms with van der Waals surface area (Å²) in [7, 11) is 0. The van der Waals surface area contributed by atoms with Crippen LogP contribution in [0.4, 0.5) is 0 Å². The zero-order valence-electron chi connectivity index (χ0n) is 2.92. The number of hydrogen-bond donors (Lipinski definition) is 0. The molecule has 0 amide bonds. The molecule has 0 aromatic rings. The highest BCUT2D eigenvalue weighted by molar-refractivity contribution is 8.14. The van der Waals surface area contributed by atoms with Gasteiger partial charge in [-0.15, -0.1) is 0 Å². The molecule has 1 rings (SSSR count). The number of thioether (sulfide) groups is 1. The zero-order valence-corrected chi connectivity index (χ0v) is 3.73. The Bertz CT molecular complexity index is 68.8. The van der Waals surface area contributed by atoms with Crippen LogP contribution in [0.1, 0.15) is 0 Å². The second-order valence-corrected chi connectivity index (χ2v) is 1.37. The van der Waals surface area contributed by atoms with E-state index in [1.54, 1.807) is 5.41 Å². The van der Waals surface area contributed by atoms with Gasteiger partial charge in [0.05, 0.1) is 0 Å². The standard InChI is InChI=1S/C3H2NOS/c1-2-6-3-4-5-1/h1-2H. The highest BCUT2D eigenvalue weighted by atomic mass is 32.2. The molecule has 1 aliphatic heterocycles. The Hall–Kier alpha value is -0.440. The van der Waals surface area contributed by atoms with Crippen LogP contribution in [0, 0.1) is 0 Å². The van der Waals surface area contributed by atoms with E-state index in [1.807, 2.05) is 0 Å². The summed E-state index contributed by atoms with van der Waals surface area (Å²) in [4.78, 5) is 4.38. The summed E-state index contributed by atoms with van der Waals surface area (Å²) in [5, 5.41) is 5.06. The predicted molar refractivity (Wildman–Crippen MR) is 25.3 cm³/mol. The van der Waals surface area contributed by atoms with E-state index >= 15 is 0 Å². The van der Waals surface area contributed by atoms with Crippen LogP contribution in [-0.2, 0) is 4.84 Å². The molecule has 0 N–H and O–H groups in total. The van der Waals surface area contributed by atoms with Crippen LogP contribution in [0.5, 0.6) is 0 Å². The topological polar surface area (TPSA) is 21.6 Å². The number of hydrogen-bond acceptors (Lipinski definition) is 3. The Morgan fingerprint density at radius 3 is 3.00 bits per heavy atom. The van der Waals surface area contributed by atoms with Gasteiger partial charge < -0.3 is 4.84 Å². The molecule has 0 aliphatic carbocycles. The zero-order chi connectivity index (χ0) is 4.24. The van der Waals surface area contributed by atoms with Crippen LogP contribution in [0.15, 0.2) is 16.8 Å². The Kier molecular flexibility index (Phi) is 1.17. The maximum atomic E-state index is 4.38. The summed E-state index contributed by atoms with van der Waals surface area (Å²) in [5.74, 6) is 0. The molecule has 3 heteroatoms. The van der Waals surface area contributed by atoms with Gasteiger partial charge in [-0.25, -0.2) is 0 Å². The fourth-order valence-electron chi connectivity index (χ4n) is 0.157. The maximum absolute atomic E-state index is 4.38. The van der Waals surface area contributed by atoms with Gasteiger partial charge in [-0.3, -0.25) is 0 Å². The molecule has 1 radical (unpaired) electrons. The first-order valence-electron chi connectivity index (χ1n) is 1.42. The number of nitrogens with zero attached hydrogens (tertiary/aromatic N) is 1. The lowest BCUT2D eigenvalue weighted by Crippen LogP contribution is -1.71. The van der Waals surface area contributed by atoms with Gasteiger partial charge in [0.2, 0.25) is 0 Å². The van der Waals surface area contributed by atoms with Crippen molar-refractivity contribution < 1.29 is 4.84 Å². The van der Waals surface area contributed by atoms with Crippen LogP contribution < -0.4 is 0 Å². The molecule has 1 aliphatic rings. The molecule has 0 aromatic carbocycles. The third-order valence-corrected chi connectivity index (χ3v) is 0.754. The van der Waals surface area contributed by atoms with Crippen molar-refractivity contribution >= 4 is 17.3 Å². The van der Waals surface area contributed by atoms with E-state index in [0.717, 1.165) is 0 Å². The molecule has 0 unspecified atom stereocenters. The van der Waals surface area contributed by atoms with Crippen LogP contribution in [0.2, 0.25) is 0 Å². The molecule has 6 heavy (non-hydrogen) atoms. The summed E-state index contributed by atoms with van der Waals surface area (Å²) in [6.07, 6.45) is 1.50. The molecule has 2 nitrogen and oxygen atoms in total. The van der Waals surface area contributed by atoms with Crippen molar-refractivity contribution in [2.45, 2.75) is 0 Å². The van der Waals surface area contributed by atoms with Crippen molar-refractivity contribution in [3.63, 3.8) is 0 Å². The smallest absolute Gasteiger partial charge is 0.176 e. The first-order valence-corrected chi connectivity index (χ1v) is 2.29. The van der Waals surface area contributed by atoms with E-state index in [9.17, 15) is 0 Å². The van der Waals surface area contributed by atoms with Crippen LogP contribution >= 0.6 is 11.8 Å². The molecule has 0 aromatic heterocycles. The van der Waals surface area contributed by atoms with Crippen molar-refractivity contribution in [2.75, 3.05) is 0 Å². The average molecular weight is 100 g/mol. The quantitative estimate of drug-likeness (QED) is 0.453. The normalized spacial score (nSPS) is 17.3. The lowest BCUT2D eigenvalue weighted by Gasteiger charge is -1.88. The van der Waals surface area contributed by atoms with Crippen molar-refractivity contribution in [3.05, 3.63) is 11.7 Å². The summed E-state index contributed by atoms with van der Waals surface area (Å²) in [6.45, 7) is 0. The number of rotatable bonds is 0. The van der Waals surface area contributed by atoms with Crippen molar-refractivity contribution in [2.24, 2.45) is 5.16 Å².